The van der Waals surface area contributed by atoms with Crippen LogP contribution < -0.4 is 0 Å². The van der Waals surface area contributed by atoms with Crippen LogP contribution in [0.1, 0.15) is 84.5 Å². The van der Waals surface area contributed by atoms with Crippen molar-refractivity contribution < 1.29 is 0 Å². The second-order valence-corrected chi connectivity index (χ2v) is 4.88. The maximum absolute atomic E-state index is 2.39. The highest BCUT2D eigenvalue weighted by atomic mass is 13.9. The summed E-state index contributed by atoms with van der Waals surface area (Å²) in [6.07, 6.45) is 24.1. The third-order valence-electron chi connectivity index (χ3n) is 3.12. The molecule has 0 saturated carbocycles. The molecule has 0 aliphatic rings. The van der Waals surface area contributed by atoms with Gasteiger partial charge in [-0.25, -0.2) is 0 Å². The van der Waals surface area contributed by atoms with E-state index in [2.05, 4.69) is 38.2 Å². The molecule has 0 fully saturated rings. The van der Waals surface area contributed by atoms with Crippen molar-refractivity contribution in [2.24, 2.45) is 0 Å². The van der Waals surface area contributed by atoms with Gasteiger partial charge in [-0.1, -0.05) is 63.3 Å². The molecular weight excluding hydrogens is 204 g/mol. The van der Waals surface area contributed by atoms with Crippen molar-refractivity contribution in [3.63, 3.8) is 0 Å². The van der Waals surface area contributed by atoms with E-state index in [1.807, 2.05) is 0 Å². The van der Waals surface area contributed by atoms with Gasteiger partial charge >= 0.3 is 0 Å². The Bertz CT molecular complexity index is 176. The predicted octanol–water partition coefficient (Wildman–Crippen LogP) is 6.43. The molecule has 17 heavy (non-hydrogen) atoms. The van der Waals surface area contributed by atoms with Gasteiger partial charge in [-0.15, -0.1) is 0 Å². The van der Waals surface area contributed by atoms with Crippen LogP contribution in [-0.2, 0) is 0 Å². The molecule has 0 bridgehead atoms. The van der Waals surface area contributed by atoms with E-state index in [9.17, 15) is 0 Å². The Kier molecular flexibility index (Phi) is 15.0. The molecule has 0 aromatic rings. The molecule has 0 spiro atoms. The van der Waals surface area contributed by atoms with Crippen molar-refractivity contribution in [2.75, 3.05) is 0 Å². The van der Waals surface area contributed by atoms with Gasteiger partial charge in [0.05, 0.1) is 0 Å². The lowest BCUT2D eigenvalue weighted by Crippen LogP contribution is -1.77. The Hall–Kier alpha value is -0.520. The number of hydrogen-bond acceptors (Lipinski definition) is 0. The Labute approximate surface area is 109 Å². The Morgan fingerprint density at radius 3 is 1.59 bits per heavy atom. The fourth-order valence-corrected chi connectivity index (χ4v) is 1.97. The smallest absolute Gasteiger partial charge is 0.0351 e. The molecule has 0 rings (SSSR count). The van der Waals surface area contributed by atoms with Crippen LogP contribution in [0.3, 0.4) is 0 Å². The third kappa shape index (κ3) is 15.5. The van der Waals surface area contributed by atoms with Gasteiger partial charge in [0, 0.05) is 0 Å². The number of allylic oxidation sites excluding steroid dienone is 4. The molecule has 0 nitrogen and oxygen atoms in total. The molecule has 0 unspecified atom stereocenters. The lowest BCUT2D eigenvalue weighted by Gasteiger charge is -1.97. The third-order valence-corrected chi connectivity index (χ3v) is 3.12. The first kappa shape index (κ1) is 16.5. The molecule has 0 N–H and O–H groups in total. The average molecular weight is 236 g/mol. The van der Waals surface area contributed by atoms with Crippen LogP contribution in [0.2, 0.25) is 0 Å². The fraction of sp³-hybridized carbons (Fsp3) is 0.765. The first-order valence-corrected chi connectivity index (χ1v) is 7.68. The quantitative estimate of drug-likeness (QED) is 0.270. The van der Waals surface area contributed by atoms with Crippen LogP contribution in [0.25, 0.3) is 0 Å². The van der Waals surface area contributed by atoms with Crippen molar-refractivity contribution in [2.45, 2.75) is 84.5 Å². The molecule has 0 heterocycles. The summed E-state index contributed by atoms with van der Waals surface area (Å²) in [6, 6.07) is 0. The summed E-state index contributed by atoms with van der Waals surface area (Å²) in [5.41, 5.74) is 0. The Balaban J connectivity index is 3.04. The minimum atomic E-state index is 1.26. The summed E-state index contributed by atoms with van der Waals surface area (Å²) in [5.74, 6) is 0. The van der Waals surface area contributed by atoms with E-state index in [4.69, 9.17) is 0 Å². The van der Waals surface area contributed by atoms with E-state index in [-0.39, 0.29) is 0 Å². The van der Waals surface area contributed by atoms with Gasteiger partial charge in [0.1, 0.15) is 0 Å². The largest absolute Gasteiger partial charge is 0.0917 e. The van der Waals surface area contributed by atoms with Crippen molar-refractivity contribution in [1.82, 2.24) is 0 Å². The lowest BCUT2D eigenvalue weighted by atomic mass is 10.1. The molecular formula is C17H32. The molecule has 0 aromatic heterocycles. The first-order valence-electron chi connectivity index (χ1n) is 7.68. The minimum Gasteiger partial charge on any atom is -0.0917 e. The lowest BCUT2D eigenvalue weighted by molar-refractivity contribution is 0.636. The van der Waals surface area contributed by atoms with Crippen LogP contribution >= 0.6 is 0 Å². The number of rotatable bonds is 12. The van der Waals surface area contributed by atoms with Crippen LogP contribution in [0.5, 0.6) is 0 Å². The number of hydrogen-bond donors (Lipinski definition) is 0. The fourth-order valence-electron chi connectivity index (χ4n) is 1.97. The van der Waals surface area contributed by atoms with Crippen molar-refractivity contribution >= 4 is 0 Å². The van der Waals surface area contributed by atoms with Gasteiger partial charge < -0.3 is 0 Å². The standard InChI is InChI=1S/C17H32/c1-3-5-7-9-11-13-15-17-16-14-12-10-8-6-4-2/h3,5,16-17H,4,6-15H2,1-2H3/b5-3+,17-16+. The molecule has 0 radical (unpaired) electrons. The summed E-state index contributed by atoms with van der Waals surface area (Å²) in [7, 11) is 0. The van der Waals surface area contributed by atoms with E-state index >= 15 is 0 Å². The maximum Gasteiger partial charge on any atom is -0.0351 e. The van der Waals surface area contributed by atoms with E-state index in [0.29, 0.717) is 0 Å². The second-order valence-electron chi connectivity index (χ2n) is 4.88. The van der Waals surface area contributed by atoms with Gasteiger partial charge in [0.25, 0.3) is 0 Å². The summed E-state index contributed by atoms with van der Waals surface area (Å²) in [4.78, 5) is 0. The SMILES string of the molecule is C/C=C/CCCCC/C=C/CCCCCCC. The van der Waals surface area contributed by atoms with Crippen molar-refractivity contribution in [3.05, 3.63) is 24.3 Å². The summed E-state index contributed by atoms with van der Waals surface area (Å²) in [6.45, 7) is 4.37. The Morgan fingerprint density at radius 1 is 0.588 bits per heavy atom. The van der Waals surface area contributed by atoms with Crippen LogP contribution in [0.4, 0.5) is 0 Å². The molecule has 0 saturated heterocycles. The molecule has 0 aromatic carbocycles. The van der Waals surface area contributed by atoms with Gasteiger partial charge in [0.15, 0.2) is 0 Å². The van der Waals surface area contributed by atoms with Gasteiger partial charge in [-0.05, 0) is 45.4 Å². The molecule has 0 amide bonds. The van der Waals surface area contributed by atoms with Crippen LogP contribution in [-0.4, -0.2) is 0 Å². The Morgan fingerprint density at radius 2 is 1.06 bits per heavy atom. The highest BCUT2D eigenvalue weighted by Crippen LogP contribution is 2.07. The van der Waals surface area contributed by atoms with E-state index in [1.165, 1.54) is 70.6 Å². The highest BCUT2D eigenvalue weighted by Gasteiger charge is 1.87. The topological polar surface area (TPSA) is 0 Å². The first-order chi connectivity index (χ1) is 8.41. The zero-order valence-corrected chi connectivity index (χ0v) is 12.1. The summed E-state index contributed by atoms with van der Waals surface area (Å²) >= 11 is 0. The number of unbranched alkanes of at least 4 members (excludes halogenated alkanes) is 9. The predicted molar refractivity (Wildman–Crippen MR) is 80.4 cm³/mol. The molecule has 0 atom stereocenters. The van der Waals surface area contributed by atoms with Gasteiger partial charge in [-0.3, -0.25) is 0 Å². The van der Waals surface area contributed by atoms with E-state index in [0.717, 1.165) is 0 Å². The molecule has 100 valence electrons. The van der Waals surface area contributed by atoms with E-state index < -0.39 is 0 Å². The van der Waals surface area contributed by atoms with Crippen LogP contribution in [0.15, 0.2) is 24.3 Å². The minimum absolute atomic E-state index is 1.26. The van der Waals surface area contributed by atoms with Crippen molar-refractivity contribution in [3.8, 4) is 0 Å². The van der Waals surface area contributed by atoms with E-state index in [1.54, 1.807) is 0 Å². The maximum atomic E-state index is 2.39. The average Bonchev–Trinajstić information content (AvgIpc) is 2.35. The zero-order valence-electron chi connectivity index (χ0n) is 12.1. The highest BCUT2D eigenvalue weighted by molar-refractivity contribution is 4.81. The molecule has 0 heteroatoms. The normalized spacial score (nSPS) is 11.9. The van der Waals surface area contributed by atoms with Crippen LogP contribution in [0, 0.1) is 0 Å². The zero-order chi connectivity index (χ0) is 12.6. The second kappa shape index (κ2) is 15.5. The summed E-state index contributed by atoms with van der Waals surface area (Å²) < 4.78 is 0. The summed E-state index contributed by atoms with van der Waals surface area (Å²) in [5, 5.41) is 0. The van der Waals surface area contributed by atoms with Gasteiger partial charge in [0.2, 0.25) is 0 Å². The van der Waals surface area contributed by atoms with Crippen molar-refractivity contribution in [1.29, 1.82) is 0 Å². The monoisotopic (exact) mass is 236 g/mol. The molecule has 0 aliphatic heterocycles. The van der Waals surface area contributed by atoms with Gasteiger partial charge in [-0.2, -0.15) is 0 Å². The molecule has 0 aliphatic carbocycles.